The van der Waals surface area contributed by atoms with Crippen LogP contribution in [0.2, 0.25) is 0 Å². The summed E-state index contributed by atoms with van der Waals surface area (Å²) < 4.78 is 5.36. The SMILES string of the molecule is CCC1(C(=O)c2cc(C)ccc2OC)CCCNC1. The van der Waals surface area contributed by atoms with Crippen LogP contribution in [0.25, 0.3) is 0 Å². The second kappa shape index (κ2) is 5.74. The van der Waals surface area contributed by atoms with Gasteiger partial charge in [0, 0.05) is 12.0 Å². The van der Waals surface area contributed by atoms with E-state index < -0.39 is 0 Å². The molecule has 1 N–H and O–H groups in total. The highest BCUT2D eigenvalue weighted by Crippen LogP contribution is 2.36. The number of methoxy groups -OCH3 is 1. The molecule has 0 amide bonds. The molecule has 1 heterocycles. The van der Waals surface area contributed by atoms with E-state index in [9.17, 15) is 4.79 Å². The lowest BCUT2D eigenvalue weighted by molar-refractivity contribution is 0.0727. The Morgan fingerprint density at radius 2 is 2.26 bits per heavy atom. The Labute approximate surface area is 115 Å². The van der Waals surface area contributed by atoms with Crippen molar-refractivity contribution in [3.05, 3.63) is 29.3 Å². The number of aryl methyl sites for hydroxylation is 1. The van der Waals surface area contributed by atoms with Crippen LogP contribution in [0.15, 0.2) is 18.2 Å². The van der Waals surface area contributed by atoms with E-state index in [0.29, 0.717) is 5.75 Å². The van der Waals surface area contributed by atoms with Crippen LogP contribution in [0.3, 0.4) is 0 Å². The second-order valence-electron chi connectivity index (χ2n) is 5.45. The van der Waals surface area contributed by atoms with Crippen LogP contribution >= 0.6 is 0 Å². The fourth-order valence-electron chi connectivity index (χ4n) is 2.91. The van der Waals surface area contributed by atoms with E-state index in [-0.39, 0.29) is 11.2 Å². The molecule has 0 radical (unpaired) electrons. The third kappa shape index (κ3) is 2.66. The highest BCUT2D eigenvalue weighted by Gasteiger charge is 2.39. The standard InChI is InChI=1S/C16H23NO2/c1-4-16(8-5-9-17-11-16)15(18)13-10-12(2)6-7-14(13)19-3/h6-7,10,17H,4-5,8-9,11H2,1-3H3. The van der Waals surface area contributed by atoms with E-state index in [1.54, 1.807) is 7.11 Å². The average molecular weight is 261 g/mol. The number of hydrogen-bond donors (Lipinski definition) is 1. The molecule has 1 unspecified atom stereocenters. The van der Waals surface area contributed by atoms with Crippen molar-refractivity contribution < 1.29 is 9.53 Å². The molecule has 0 spiro atoms. The van der Waals surface area contributed by atoms with Gasteiger partial charge in [0.1, 0.15) is 5.75 Å². The van der Waals surface area contributed by atoms with Crippen LogP contribution in [0.4, 0.5) is 0 Å². The van der Waals surface area contributed by atoms with E-state index in [1.165, 1.54) is 0 Å². The molecule has 0 aliphatic carbocycles. The maximum absolute atomic E-state index is 13.0. The lowest BCUT2D eigenvalue weighted by Gasteiger charge is -2.35. The second-order valence-corrected chi connectivity index (χ2v) is 5.45. The summed E-state index contributed by atoms with van der Waals surface area (Å²) in [6.45, 7) is 5.90. The zero-order chi connectivity index (χ0) is 13.9. The van der Waals surface area contributed by atoms with Crippen molar-refractivity contribution >= 4 is 5.78 Å². The first-order valence-corrected chi connectivity index (χ1v) is 7.03. The van der Waals surface area contributed by atoms with Crippen LogP contribution in [0, 0.1) is 12.3 Å². The first-order chi connectivity index (χ1) is 9.13. The molecular formula is C16H23NO2. The average Bonchev–Trinajstić information content (AvgIpc) is 2.47. The molecule has 0 saturated carbocycles. The van der Waals surface area contributed by atoms with Gasteiger partial charge in [-0.1, -0.05) is 18.6 Å². The minimum absolute atomic E-state index is 0.225. The maximum atomic E-state index is 13.0. The minimum atomic E-state index is -0.265. The molecule has 2 rings (SSSR count). The summed E-state index contributed by atoms with van der Waals surface area (Å²) in [4.78, 5) is 13.0. The topological polar surface area (TPSA) is 38.3 Å². The number of hydrogen-bond acceptors (Lipinski definition) is 3. The molecule has 3 nitrogen and oxygen atoms in total. The van der Waals surface area contributed by atoms with Gasteiger partial charge in [0.25, 0.3) is 0 Å². The number of ketones is 1. The third-order valence-corrected chi connectivity index (χ3v) is 4.23. The van der Waals surface area contributed by atoms with Gasteiger partial charge in [-0.2, -0.15) is 0 Å². The van der Waals surface area contributed by atoms with Gasteiger partial charge in [0.05, 0.1) is 12.7 Å². The van der Waals surface area contributed by atoms with Crippen LogP contribution in [0.1, 0.15) is 42.1 Å². The summed E-state index contributed by atoms with van der Waals surface area (Å²) >= 11 is 0. The monoisotopic (exact) mass is 261 g/mol. The molecule has 1 aromatic carbocycles. The number of rotatable bonds is 4. The third-order valence-electron chi connectivity index (χ3n) is 4.23. The van der Waals surface area contributed by atoms with E-state index >= 15 is 0 Å². The van der Waals surface area contributed by atoms with Gasteiger partial charge in [-0.05, 0) is 44.9 Å². The molecule has 1 aliphatic heterocycles. The van der Waals surface area contributed by atoms with Crippen LogP contribution in [-0.2, 0) is 0 Å². The van der Waals surface area contributed by atoms with Gasteiger partial charge in [-0.25, -0.2) is 0 Å². The van der Waals surface area contributed by atoms with Crippen molar-refractivity contribution in [2.45, 2.75) is 33.1 Å². The van der Waals surface area contributed by atoms with Gasteiger partial charge in [-0.15, -0.1) is 0 Å². The number of nitrogens with one attached hydrogen (secondary N) is 1. The molecule has 104 valence electrons. The van der Waals surface area contributed by atoms with E-state index in [0.717, 1.165) is 43.5 Å². The Bertz CT molecular complexity index is 462. The van der Waals surface area contributed by atoms with Crippen molar-refractivity contribution in [1.82, 2.24) is 5.32 Å². The van der Waals surface area contributed by atoms with Gasteiger partial charge < -0.3 is 10.1 Å². The highest BCUT2D eigenvalue weighted by atomic mass is 16.5. The van der Waals surface area contributed by atoms with Crippen molar-refractivity contribution in [2.24, 2.45) is 5.41 Å². The lowest BCUT2D eigenvalue weighted by atomic mass is 9.72. The number of carbonyl (C=O) groups is 1. The highest BCUT2D eigenvalue weighted by molar-refractivity contribution is 6.03. The molecule has 0 aromatic heterocycles. The first kappa shape index (κ1) is 14.1. The summed E-state index contributed by atoms with van der Waals surface area (Å²) in [6.07, 6.45) is 2.90. The largest absolute Gasteiger partial charge is 0.496 e. The zero-order valence-electron chi connectivity index (χ0n) is 12.1. The fourth-order valence-corrected chi connectivity index (χ4v) is 2.91. The quantitative estimate of drug-likeness (QED) is 0.847. The molecule has 1 atom stereocenters. The summed E-state index contributed by atoms with van der Waals surface area (Å²) in [5, 5.41) is 3.37. The summed E-state index contributed by atoms with van der Waals surface area (Å²) in [5.41, 5.74) is 1.56. The van der Waals surface area contributed by atoms with Crippen molar-refractivity contribution in [3.63, 3.8) is 0 Å². The Morgan fingerprint density at radius 1 is 1.47 bits per heavy atom. The van der Waals surface area contributed by atoms with Crippen molar-refractivity contribution in [3.8, 4) is 5.75 Å². The molecule has 19 heavy (non-hydrogen) atoms. The molecule has 0 bridgehead atoms. The molecule has 1 fully saturated rings. The Kier molecular flexibility index (Phi) is 4.25. The van der Waals surface area contributed by atoms with Gasteiger partial charge in [0.15, 0.2) is 5.78 Å². The molecule has 1 aromatic rings. The number of carbonyl (C=O) groups excluding carboxylic acids is 1. The maximum Gasteiger partial charge on any atom is 0.173 e. The summed E-state index contributed by atoms with van der Waals surface area (Å²) in [7, 11) is 1.62. The van der Waals surface area contributed by atoms with E-state index in [4.69, 9.17) is 4.74 Å². The van der Waals surface area contributed by atoms with Crippen LogP contribution in [-0.4, -0.2) is 26.0 Å². The Hall–Kier alpha value is -1.35. The first-order valence-electron chi connectivity index (χ1n) is 7.03. The Balaban J connectivity index is 2.39. The van der Waals surface area contributed by atoms with Crippen LogP contribution < -0.4 is 10.1 Å². The van der Waals surface area contributed by atoms with Gasteiger partial charge in [-0.3, -0.25) is 4.79 Å². The number of ether oxygens (including phenoxy) is 1. The predicted octanol–water partition coefficient (Wildman–Crippen LogP) is 2.97. The van der Waals surface area contributed by atoms with Crippen LogP contribution in [0.5, 0.6) is 5.75 Å². The molecule has 3 heteroatoms. The predicted molar refractivity (Wildman–Crippen MR) is 76.9 cm³/mol. The fraction of sp³-hybridized carbons (Fsp3) is 0.562. The minimum Gasteiger partial charge on any atom is -0.496 e. The number of piperidine rings is 1. The lowest BCUT2D eigenvalue weighted by Crippen LogP contribution is -2.45. The van der Waals surface area contributed by atoms with E-state index in [1.807, 2.05) is 25.1 Å². The van der Waals surface area contributed by atoms with Gasteiger partial charge >= 0.3 is 0 Å². The van der Waals surface area contributed by atoms with E-state index in [2.05, 4.69) is 12.2 Å². The van der Waals surface area contributed by atoms with Crippen molar-refractivity contribution in [2.75, 3.05) is 20.2 Å². The molecular weight excluding hydrogens is 238 g/mol. The molecule has 1 saturated heterocycles. The van der Waals surface area contributed by atoms with Crippen molar-refractivity contribution in [1.29, 1.82) is 0 Å². The normalized spacial score (nSPS) is 23.1. The number of benzene rings is 1. The molecule has 1 aliphatic rings. The number of Topliss-reactive ketones (excluding diaryl/α,β-unsaturated/α-hetero) is 1. The van der Waals surface area contributed by atoms with Gasteiger partial charge in [0.2, 0.25) is 0 Å². The zero-order valence-corrected chi connectivity index (χ0v) is 12.1. The Morgan fingerprint density at radius 3 is 2.84 bits per heavy atom. The smallest absolute Gasteiger partial charge is 0.173 e. The summed E-state index contributed by atoms with van der Waals surface area (Å²) in [5.74, 6) is 0.914. The summed E-state index contributed by atoms with van der Waals surface area (Å²) in [6, 6.07) is 5.82.